The lowest BCUT2D eigenvalue weighted by Crippen LogP contribution is -2.51. The van der Waals surface area contributed by atoms with Crippen molar-refractivity contribution in [3.05, 3.63) is 48.0 Å². The maximum absolute atomic E-state index is 13.4. The molecule has 1 aromatic heterocycles. The molecule has 0 unspecified atom stereocenters. The van der Waals surface area contributed by atoms with E-state index in [0.717, 1.165) is 43.3 Å². The van der Waals surface area contributed by atoms with Gasteiger partial charge in [0.15, 0.2) is 5.11 Å². The molecule has 1 saturated heterocycles. The molecular weight excluding hydrogens is 377 g/mol. The van der Waals surface area contributed by atoms with Crippen molar-refractivity contribution in [1.29, 1.82) is 0 Å². The summed E-state index contributed by atoms with van der Waals surface area (Å²) in [6, 6.07) is 9.35. The summed E-state index contributed by atoms with van der Waals surface area (Å²) in [5.74, 6) is -0.366. The zero-order valence-electron chi connectivity index (χ0n) is 15.4. The zero-order valence-corrected chi connectivity index (χ0v) is 16.2. The van der Waals surface area contributed by atoms with Gasteiger partial charge < -0.3 is 20.9 Å². The maximum atomic E-state index is 13.4. The molecule has 28 heavy (non-hydrogen) atoms. The lowest BCUT2D eigenvalue weighted by atomic mass is 10.1. The van der Waals surface area contributed by atoms with Crippen LogP contribution >= 0.6 is 12.2 Å². The number of benzene rings is 1. The van der Waals surface area contributed by atoms with E-state index in [1.165, 1.54) is 12.3 Å². The summed E-state index contributed by atoms with van der Waals surface area (Å²) >= 11 is 5.51. The Hall–Kier alpha value is -2.94. The summed E-state index contributed by atoms with van der Waals surface area (Å²) in [4.78, 5) is 8.58. The van der Waals surface area contributed by atoms with Crippen LogP contribution in [0.4, 0.5) is 21.5 Å². The minimum absolute atomic E-state index is 0.366. The van der Waals surface area contributed by atoms with Gasteiger partial charge in [0.05, 0.1) is 17.6 Å². The van der Waals surface area contributed by atoms with Crippen molar-refractivity contribution in [1.82, 2.24) is 15.3 Å². The van der Waals surface area contributed by atoms with Gasteiger partial charge in [0.2, 0.25) is 0 Å². The van der Waals surface area contributed by atoms with E-state index in [9.17, 15) is 4.39 Å². The van der Waals surface area contributed by atoms with Gasteiger partial charge in [-0.15, -0.1) is 0 Å². The number of nitrogens with two attached hydrogens (primary N) is 1. The molecular formula is C19H22FN7S. The molecule has 0 spiro atoms. The number of fused-ring (bicyclic) bond motifs is 1. The van der Waals surface area contributed by atoms with E-state index in [0.29, 0.717) is 29.5 Å². The highest BCUT2D eigenvalue weighted by Gasteiger charge is 2.21. The molecule has 0 amide bonds. The second-order valence-corrected chi connectivity index (χ2v) is 7.15. The van der Waals surface area contributed by atoms with Gasteiger partial charge in [0.1, 0.15) is 11.5 Å². The predicted octanol–water partition coefficient (Wildman–Crippen LogP) is 2.02. The first kappa shape index (κ1) is 18.4. The SMILES string of the molecule is Nc1ccc(N2CCN(C(=S)N/N=C3/CCNc4cc(F)cnc43)CC2)cc1. The van der Waals surface area contributed by atoms with Gasteiger partial charge in [-0.2, -0.15) is 5.10 Å². The Labute approximate surface area is 168 Å². The van der Waals surface area contributed by atoms with Gasteiger partial charge in [0, 0.05) is 56.6 Å². The van der Waals surface area contributed by atoms with Crippen LogP contribution in [-0.4, -0.2) is 53.4 Å². The number of nitrogens with zero attached hydrogens (tertiary/aromatic N) is 4. The minimum atomic E-state index is -0.366. The largest absolute Gasteiger partial charge is 0.399 e. The monoisotopic (exact) mass is 399 g/mol. The minimum Gasteiger partial charge on any atom is -0.399 e. The molecule has 3 heterocycles. The van der Waals surface area contributed by atoms with E-state index in [4.69, 9.17) is 18.0 Å². The van der Waals surface area contributed by atoms with Gasteiger partial charge >= 0.3 is 0 Å². The van der Waals surface area contributed by atoms with Crippen molar-refractivity contribution in [3.8, 4) is 0 Å². The van der Waals surface area contributed by atoms with Crippen LogP contribution in [0, 0.1) is 5.82 Å². The summed E-state index contributed by atoms with van der Waals surface area (Å²) in [7, 11) is 0. The zero-order chi connectivity index (χ0) is 19.5. The number of halogens is 1. The molecule has 0 bridgehead atoms. The third-order valence-electron chi connectivity index (χ3n) is 4.92. The lowest BCUT2D eigenvalue weighted by Gasteiger charge is -2.37. The number of thiocarbonyl (C=S) groups is 1. The van der Waals surface area contributed by atoms with Crippen molar-refractivity contribution in [3.63, 3.8) is 0 Å². The van der Waals surface area contributed by atoms with Crippen molar-refractivity contribution >= 4 is 40.1 Å². The van der Waals surface area contributed by atoms with Crippen LogP contribution in [0.3, 0.4) is 0 Å². The first-order valence-electron chi connectivity index (χ1n) is 9.22. The third kappa shape index (κ3) is 3.99. The molecule has 2 aromatic rings. The molecule has 1 fully saturated rings. The Morgan fingerprint density at radius 2 is 1.96 bits per heavy atom. The van der Waals surface area contributed by atoms with Gasteiger partial charge in [-0.3, -0.25) is 5.43 Å². The highest BCUT2D eigenvalue weighted by molar-refractivity contribution is 7.80. The molecule has 146 valence electrons. The van der Waals surface area contributed by atoms with Crippen LogP contribution in [0.2, 0.25) is 0 Å². The highest BCUT2D eigenvalue weighted by Crippen LogP contribution is 2.21. The summed E-state index contributed by atoms with van der Waals surface area (Å²) in [5, 5.41) is 8.18. The average molecular weight is 399 g/mol. The molecule has 4 rings (SSSR count). The van der Waals surface area contributed by atoms with Gasteiger partial charge in [0.25, 0.3) is 0 Å². The number of nitrogens with one attached hydrogen (secondary N) is 2. The normalized spacial score (nSPS) is 17.8. The molecule has 7 nitrogen and oxygen atoms in total. The number of rotatable bonds is 2. The molecule has 0 atom stereocenters. The maximum Gasteiger partial charge on any atom is 0.189 e. The molecule has 0 radical (unpaired) electrons. The van der Waals surface area contributed by atoms with Crippen LogP contribution in [0.5, 0.6) is 0 Å². The smallest absolute Gasteiger partial charge is 0.189 e. The lowest BCUT2D eigenvalue weighted by molar-refractivity contribution is 0.381. The average Bonchev–Trinajstić information content (AvgIpc) is 2.72. The molecule has 4 N–H and O–H groups in total. The number of hydrogen-bond acceptors (Lipinski definition) is 6. The van der Waals surface area contributed by atoms with E-state index in [2.05, 4.69) is 30.6 Å². The number of hydrogen-bond donors (Lipinski definition) is 3. The Bertz CT molecular complexity index is 892. The standard InChI is InChI=1S/C19H22FN7S/c20-13-11-17-18(23-12-13)16(5-6-22-17)24-25-19(28)27-9-7-26(8-10-27)15-3-1-14(21)2-4-15/h1-4,11-12,22H,5-10,21H2,(H,25,28)/b24-16-. The summed E-state index contributed by atoms with van der Waals surface area (Å²) in [6.45, 7) is 4.04. The molecule has 0 aliphatic carbocycles. The Balaban J connectivity index is 1.35. The van der Waals surface area contributed by atoms with Gasteiger partial charge in [-0.05, 0) is 36.5 Å². The first-order valence-corrected chi connectivity index (χ1v) is 9.63. The van der Waals surface area contributed by atoms with E-state index in [-0.39, 0.29) is 5.82 Å². The Morgan fingerprint density at radius 3 is 2.71 bits per heavy atom. The quantitative estimate of drug-likeness (QED) is 0.405. The van der Waals surface area contributed by atoms with E-state index in [1.54, 1.807) is 0 Å². The predicted molar refractivity (Wildman–Crippen MR) is 114 cm³/mol. The van der Waals surface area contributed by atoms with Crippen LogP contribution in [0.15, 0.2) is 41.6 Å². The second kappa shape index (κ2) is 7.97. The van der Waals surface area contributed by atoms with Gasteiger partial charge in [-0.25, -0.2) is 9.37 Å². The third-order valence-corrected chi connectivity index (χ3v) is 5.27. The molecule has 2 aliphatic rings. The van der Waals surface area contributed by atoms with Crippen molar-refractivity contribution in [2.75, 3.05) is 48.7 Å². The van der Waals surface area contributed by atoms with Crippen molar-refractivity contribution in [2.24, 2.45) is 5.10 Å². The molecule has 9 heteroatoms. The fraction of sp³-hybridized carbons (Fsp3) is 0.316. The number of aromatic nitrogens is 1. The van der Waals surface area contributed by atoms with Crippen LogP contribution < -0.4 is 21.4 Å². The number of hydrazone groups is 1. The summed E-state index contributed by atoms with van der Waals surface area (Å²) in [6.07, 6.45) is 1.91. The highest BCUT2D eigenvalue weighted by atomic mass is 32.1. The second-order valence-electron chi connectivity index (χ2n) is 6.77. The van der Waals surface area contributed by atoms with E-state index < -0.39 is 0 Å². The first-order chi connectivity index (χ1) is 13.6. The Kier molecular flexibility index (Phi) is 5.25. The Morgan fingerprint density at radius 1 is 1.21 bits per heavy atom. The van der Waals surface area contributed by atoms with Crippen molar-refractivity contribution in [2.45, 2.75) is 6.42 Å². The topological polar surface area (TPSA) is 81.8 Å². The number of nitrogen functional groups attached to an aromatic ring is 1. The molecule has 2 aliphatic heterocycles. The molecule has 1 aromatic carbocycles. The summed E-state index contributed by atoms with van der Waals surface area (Å²) in [5.41, 5.74) is 12.8. The van der Waals surface area contributed by atoms with Crippen molar-refractivity contribution < 1.29 is 4.39 Å². The fourth-order valence-electron chi connectivity index (χ4n) is 3.39. The van der Waals surface area contributed by atoms with E-state index in [1.807, 2.05) is 24.3 Å². The molecule has 0 saturated carbocycles. The van der Waals surface area contributed by atoms with E-state index >= 15 is 0 Å². The number of pyridine rings is 1. The fourth-order valence-corrected chi connectivity index (χ4v) is 3.61. The van der Waals surface area contributed by atoms with Crippen LogP contribution in [-0.2, 0) is 0 Å². The number of anilines is 3. The number of piperazine rings is 1. The summed E-state index contributed by atoms with van der Waals surface area (Å²) < 4.78 is 13.4. The van der Waals surface area contributed by atoms with Gasteiger partial charge in [-0.1, -0.05) is 0 Å². The van der Waals surface area contributed by atoms with Crippen LogP contribution in [0.25, 0.3) is 0 Å². The van der Waals surface area contributed by atoms with Crippen LogP contribution in [0.1, 0.15) is 12.1 Å².